The van der Waals surface area contributed by atoms with Crippen molar-refractivity contribution in [3.63, 3.8) is 0 Å². The molecule has 1 N–H and O–H groups in total. The van der Waals surface area contributed by atoms with Crippen LogP contribution >= 0.6 is 11.8 Å². The molecular formula is C11H20O4S. The van der Waals surface area contributed by atoms with Crippen molar-refractivity contribution < 1.29 is 19.4 Å². The molecule has 0 unspecified atom stereocenters. The molecule has 5 heteroatoms. The number of thioether (sulfide) groups is 1. The Bertz CT molecular complexity index is 234. The van der Waals surface area contributed by atoms with Gasteiger partial charge in [-0.25, -0.2) is 0 Å². The lowest BCUT2D eigenvalue weighted by atomic mass is 10.0. The van der Waals surface area contributed by atoms with Crippen molar-refractivity contribution >= 4 is 17.7 Å². The molecule has 1 heterocycles. The van der Waals surface area contributed by atoms with Crippen LogP contribution in [0.3, 0.4) is 0 Å². The molecule has 4 nitrogen and oxygen atoms in total. The van der Waals surface area contributed by atoms with E-state index in [1.165, 1.54) is 11.8 Å². The number of aliphatic hydroxyl groups is 1. The zero-order chi connectivity index (χ0) is 12.0. The number of hydrogen-bond donors (Lipinski definition) is 1. The molecule has 2 atom stereocenters. The minimum Gasteiger partial charge on any atom is -0.465 e. The van der Waals surface area contributed by atoms with Crippen molar-refractivity contribution in [1.82, 2.24) is 0 Å². The molecular weight excluding hydrogens is 228 g/mol. The second-order valence-corrected chi connectivity index (χ2v) is 5.06. The molecule has 1 aliphatic heterocycles. The molecule has 0 aromatic rings. The van der Waals surface area contributed by atoms with E-state index >= 15 is 0 Å². The molecule has 0 spiro atoms. The van der Waals surface area contributed by atoms with Gasteiger partial charge in [0, 0.05) is 13.0 Å². The van der Waals surface area contributed by atoms with Crippen LogP contribution in [0, 0.1) is 0 Å². The summed E-state index contributed by atoms with van der Waals surface area (Å²) in [5.41, 5.74) is 0. The van der Waals surface area contributed by atoms with Gasteiger partial charge in [-0.3, -0.25) is 4.79 Å². The van der Waals surface area contributed by atoms with Gasteiger partial charge < -0.3 is 14.6 Å². The second-order valence-electron chi connectivity index (χ2n) is 3.92. The summed E-state index contributed by atoms with van der Waals surface area (Å²) in [6.45, 7) is 3.31. The highest BCUT2D eigenvalue weighted by atomic mass is 32.2. The maximum absolute atomic E-state index is 11.6. The van der Waals surface area contributed by atoms with Gasteiger partial charge in [-0.2, -0.15) is 0 Å². The summed E-state index contributed by atoms with van der Waals surface area (Å²) in [5.74, 6) is -0.313. The van der Waals surface area contributed by atoms with E-state index in [9.17, 15) is 9.90 Å². The number of rotatable bonds is 7. The maximum Gasteiger partial charge on any atom is 0.325 e. The normalized spacial score (nSPS) is 26.8. The summed E-state index contributed by atoms with van der Waals surface area (Å²) in [6.07, 6.45) is 3.64. The molecule has 0 amide bonds. The average molecular weight is 248 g/mol. The van der Waals surface area contributed by atoms with Gasteiger partial charge in [0.25, 0.3) is 0 Å². The summed E-state index contributed by atoms with van der Waals surface area (Å²) < 4.78 is 9.47. The molecule has 1 saturated heterocycles. The first kappa shape index (κ1) is 13.8. The Kier molecular flexibility index (Phi) is 5.58. The zero-order valence-electron chi connectivity index (χ0n) is 9.90. The fraction of sp³-hybridized carbons (Fsp3) is 0.909. The lowest BCUT2D eigenvalue weighted by Crippen LogP contribution is -2.45. The number of unbranched alkanes of at least 4 members (excludes halogenated alkanes) is 1. The molecule has 0 aromatic heterocycles. The number of carbonyl (C=O) groups is 1. The maximum atomic E-state index is 11.6. The highest BCUT2D eigenvalue weighted by Crippen LogP contribution is 2.36. The van der Waals surface area contributed by atoms with Crippen LogP contribution < -0.4 is 0 Å². The molecule has 0 aromatic carbocycles. The first-order chi connectivity index (χ1) is 7.67. The van der Waals surface area contributed by atoms with Crippen molar-refractivity contribution in [3.05, 3.63) is 0 Å². The molecule has 1 aliphatic rings. The Morgan fingerprint density at radius 3 is 2.94 bits per heavy atom. The third-order valence-corrected chi connectivity index (χ3v) is 4.24. The second kappa shape index (κ2) is 6.47. The van der Waals surface area contributed by atoms with E-state index in [2.05, 4.69) is 6.92 Å². The number of carbonyl (C=O) groups excluding carboxylic acids is 1. The predicted octanol–water partition coefficient (Wildman–Crippen LogP) is 1.21. The van der Waals surface area contributed by atoms with Gasteiger partial charge in [0.1, 0.15) is 10.9 Å². The van der Waals surface area contributed by atoms with E-state index in [-0.39, 0.29) is 12.6 Å². The zero-order valence-corrected chi connectivity index (χ0v) is 10.7. The fourth-order valence-corrected chi connectivity index (χ4v) is 2.57. The molecule has 1 fully saturated rings. The lowest BCUT2D eigenvalue weighted by molar-refractivity contribution is -0.143. The average Bonchev–Trinajstić information content (AvgIpc) is 2.67. The van der Waals surface area contributed by atoms with Gasteiger partial charge in [-0.1, -0.05) is 13.3 Å². The van der Waals surface area contributed by atoms with Crippen LogP contribution in [-0.4, -0.2) is 48.0 Å². The Morgan fingerprint density at radius 2 is 2.44 bits per heavy atom. The van der Waals surface area contributed by atoms with Gasteiger partial charge in [0.05, 0.1) is 13.2 Å². The van der Waals surface area contributed by atoms with Crippen LogP contribution in [0.15, 0.2) is 0 Å². The van der Waals surface area contributed by atoms with Crippen LogP contribution in [0.5, 0.6) is 0 Å². The van der Waals surface area contributed by atoms with Crippen molar-refractivity contribution in [2.45, 2.75) is 37.0 Å². The molecule has 16 heavy (non-hydrogen) atoms. The molecule has 0 saturated carbocycles. The summed E-state index contributed by atoms with van der Waals surface area (Å²) in [6, 6.07) is 0. The predicted molar refractivity (Wildman–Crippen MR) is 63.6 cm³/mol. The fourth-order valence-electron chi connectivity index (χ4n) is 1.72. The van der Waals surface area contributed by atoms with E-state index < -0.39 is 10.9 Å². The number of hydrogen-bond acceptors (Lipinski definition) is 5. The lowest BCUT2D eigenvalue weighted by Gasteiger charge is -2.27. The van der Waals surface area contributed by atoms with E-state index in [1.54, 1.807) is 0 Å². The molecule has 0 radical (unpaired) electrons. The molecule has 94 valence electrons. The standard InChI is InChI=1S/C11H20O4S/c1-3-4-6-14-8-9(12)11(16-2)5-7-15-10(11)13/h9,12H,3-8H2,1-2H3/t9-,11+/m0/s1. The molecule has 0 aliphatic carbocycles. The minimum absolute atomic E-state index is 0.204. The Morgan fingerprint density at radius 1 is 1.69 bits per heavy atom. The van der Waals surface area contributed by atoms with Crippen LogP contribution in [0.1, 0.15) is 26.2 Å². The van der Waals surface area contributed by atoms with Crippen LogP contribution in [-0.2, 0) is 14.3 Å². The topological polar surface area (TPSA) is 55.8 Å². The van der Waals surface area contributed by atoms with E-state index in [0.717, 1.165) is 12.8 Å². The molecule has 0 bridgehead atoms. The number of ether oxygens (including phenoxy) is 2. The monoisotopic (exact) mass is 248 g/mol. The van der Waals surface area contributed by atoms with E-state index in [1.807, 2.05) is 6.26 Å². The van der Waals surface area contributed by atoms with Gasteiger partial charge in [0.15, 0.2) is 0 Å². The first-order valence-electron chi connectivity index (χ1n) is 5.65. The van der Waals surface area contributed by atoms with Crippen molar-refractivity contribution in [2.24, 2.45) is 0 Å². The summed E-state index contributed by atoms with van der Waals surface area (Å²) in [7, 11) is 0. The number of esters is 1. The largest absolute Gasteiger partial charge is 0.465 e. The quantitative estimate of drug-likeness (QED) is 0.542. The van der Waals surface area contributed by atoms with Gasteiger partial charge in [-0.05, 0) is 12.7 Å². The van der Waals surface area contributed by atoms with Crippen molar-refractivity contribution in [3.8, 4) is 0 Å². The smallest absolute Gasteiger partial charge is 0.325 e. The van der Waals surface area contributed by atoms with Gasteiger partial charge in [0.2, 0.25) is 0 Å². The number of cyclic esters (lactones) is 1. The highest BCUT2D eigenvalue weighted by molar-refractivity contribution is 8.00. The highest BCUT2D eigenvalue weighted by Gasteiger charge is 2.50. The Balaban J connectivity index is 2.43. The Labute approximate surface area is 101 Å². The summed E-state index contributed by atoms with van der Waals surface area (Å²) in [5, 5.41) is 10.0. The van der Waals surface area contributed by atoms with Crippen LogP contribution in [0.4, 0.5) is 0 Å². The van der Waals surface area contributed by atoms with Crippen LogP contribution in [0.2, 0.25) is 0 Å². The SMILES string of the molecule is CCCCOC[C@H](O)[C@]1(SC)CCOC1=O. The van der Waals surface area contributed by atoms with E-state index in [0.29, 0.717) is 19.6 Å². The Hall–Kier alpha value is -0.260. The third kappa shape index (κ3) is 2.90. The first-order valence-corrected chi connectivity index (χ1v) is 6.88. The van der Waals surface area contributed by atoms with Crippen LogP contribution in [0.25, 0.3) is 0 Å². The molecule has 1 rings (SSSR count). The van der Waals surface area contributed by atoms with Crippen molar-refractivity contribution in [1.29, 1.82) is 0 Å². The van der Waals surface area contributed by atoms with E-state index in [4.69, 9.17) is 9.47 Å². The van der Waals surface area contributed by atoms with Crippen molar-refractivity contribution in [2.75, 3.05) is 26.1 Å². The van der Waals surface area contributed by atoms with Gasteiger partial charge >= 0.3 is 5.97 Å². The minimum atomic E-state index is -0.813. The van der Waals surface area contributed by atoms with Gasteiger partial charge in [-0.15, -0.1) is 11.8 Å². The summed E-state index contributed by atoms with van der Waals surface area (Å²) in [4.78, 5) is 11.6. The summed E-state index contributed by atoms with van der Waals surface area (Å²) >= 11 is 1.36. The number of aliphatic hydroxyl groups excluding tert-OH is 1. The third-order valence-electron chi connectivity index (χ3n) is 2.87.